The fraction of sp³-hybridized carbons (Fsp3) is 0.278. The van der Waals surface area contributed by atoms with E-state index in [0.717, 1.165) is 82.4 Å². The van der Waals surface area contributed by atoms with Crippen LogP contribution in [0.4, 0.5) is 0 Å². The minimum Gasteiger partial charge on any atom is -0.494 e. The summed E-state index contributed by atoms with van der Waals surface area (Å²) < 4.78 is 12.1. The number of ether oxygens (including phenoxy) is 2. The number of rotatable bonds is 15. The van der Waals surface area contributed by atoms with Gasteiger partial charge in [0.15, 0.2) is 0 Å². The largest absolute Gasteiger partial charge is 0.494 e. The highest BCUT2D eigenvalue weighted by Gasteiger charge is 2.07. The van der Waals surface area contributed by atoms with E-state index in [1.54, 1.807) is 0 Å². The summed E-state index contributed by atoms with van der Waals surface area (Å²) in [7, 11) is 0. The summed E-state index contributed by atoms with van der Waals surface area (Å²) in [6.07, 6.45) is 9.64. The van der Waals surface area contributed by atoms with E-state index in [1.165, 1.54) is 38.5 Å². The van der Waals surface area contributed by atoms with Gasteiger partial charge in [-0.1, -0.05) is 87.1 Å². The molecule has 6 heteroatoms. The maximum absolute atomic E-state index is 6.04. The molecule has 6 nitrogen and oxygen atoms in total. The topological polar surface area (TPSA) is 75.8 Å². The molecule has 0 unspecified atom stereocenters. The molecule has 2 aromatic heterocycles. The van der Waals surface area contributed by atoms with Gasteiger partial charge < -0.3 is 19.4 Å². The highest BCUT2D eigenvalue weighted by Crippen LogP contribution is 2.26. The Morgan fingerprint density at radius 2 is 0.881 bits per heavy atom. The number of benzene rings is 4. The van der Waals surface area contributed by atoms with E-state index < -0.39 is 0 Å². The number of aromatic amines is 2. The lowest BCUT2D eigenvalue weighted by molar-refractivity contribution is 0.301. The SMILES string of the molecule is c1cc(OCCCCCCCCCCOc2cccc(-c3nc4ccccc4[nH]3)c2)cc(-c2nc3ccccc3[nH]2)c1. The third-order valence-electron chi connectivity index (χ3n) is 7.57. The molecule has 0 amide bonds. The van der Waals surface area contributed by atoms with E-state index in [9.17, 15) is 0 Å². The molecule has 0 aliphatic heterocycles. The van der Waals surface area contributed by atoms with Gasteiger partial charge in [-0.3, -0.25) is 0 Å². The van der Waals surface area contributed by atoms with E-state index in [1.807, 2.05) is 72.8 Å². The monoisotopic (exact) mass is 558 g/mol. The highest BCUT2D eigenvalue weighted by atomic mass is 16.5. The Kier molecular flexibility index (Phi) is 9.10. The Morgan fingerprint density at radius 3 is 1.33 bits per heavy atom. The number of unbranched alkanes of at least 4 members (excludes halogenated alkanes) is 7. The van der Waals surface area contributed by atoms with Crippen LogP contribution in [0, 0.1) is 0 Å². The van der Waals surface area contributed by atoms with Gasteiger partial charge in [-0.15, -0.1) is 0 Å². The fourth-order valence-electron chi connectivity index (χ4n) is 5.29. The van der Waals surface area contributed by atoms with Crippen LogP contribution in [-0.4, -0.2) is 33.1 Å². The van der Waals surface area contributed by atoms with Gasteiger partial charge in [-0.05, 0) is 61.4 Å². The van der Waals surface area contributed by atoms with Crippen LogP contribution in [0.1, 0.15) is 51.4 Å². The normalized spacial score (nSPS) is 11.3. The van der Waals surface area contributed by atoms with Crippen molar-refractivity contribution in [1.82, 2.24) is 19.9 Å². The number of aromatic nitrogens is 4. The molecule has 2 N–H and O–H groups in total. The van der Waals surface area contributed by atoms with E-state index in [2.05, 4.69) is 34.2 Å². The van der Waals surface area contributed by atoms with Gasteiger partial charge in [0, 0.05) is 11.1 Å². The molecule has 0 aliphatic rings. The number of hydrogen-bond donors (Lipinski definition) is 2. The molecule has 6 aromatic rings. The Balaban J connectivity index is 0.817. The van der Waals surface area contributed by atoms with Crippen molar-refractivity contribution < 1.29 is 9.47 Å². The number of imidazole rings is 2. The van der Waals surface area contributed by atoms with E-state index in [-0.39, 0.29) is 0 Å². The Bertz CT molecular complexity index is 1530. The van der Waals surface area contributed by atoms with Crippen LogP contribution in [-0.2, 0) is 0 Å². The first-order valence-corrected chi connectivity index (χ1v) is 15.2. The molecule has 0 aliphatic carbocycles. The smallest absolute Gasteiger partial charge is 0.138 e. The fourth-order valence-corrected chi connectivity index (χ4v) is 5.29. The summed E-state index contributed by atoms with van der Waals surface area (Å²) in [5.41, 5.74) is 6.15. The number of hydrogen-bond acceptors (Lipinski definition) is 4. The van der Waals surface area contributed by atoms with Gasteiger partial charge in [-0.2, -0.15) is 0 Å². The number of H-pyrrole nitrogens is 2. The zero-order valence-corrected chi connectivity index (χ0v) is 24.0. The molecule has 0 spiro atoms. The summed E-state index contributed by atoms with van der Waals surface area (Å²) in [5.74, 6) is 3.55. The summed E-state index contributed by atoms with van der Waals surface area (Å²) >= 11 is 0. The Hall–Kier alpha value is -4.58. The molecule has 0 atom stereocenters. The number of nitrogens with one attached hydrogen (secondary N) is 2. The predicted octanol–water partition coefficient (Wildman–Crippen LogP) is 9.35. The maximum atomic E-state index is 6.04. The second-order valence-electron chi connectivity index (χ2n) is 10.8. The lowest BCUT2D eigenvalue weighted by Gasteiger charge is -2.08. The van der Waals surface area contributed by atoms with Crippen molar-refractivity contribution in [2.75, 3.05) is 13.2 Å². The first-order valence-electron chi connectivity index (χ1n) is 15.2. The quantitative estimate of drug-likeness (QED) is 0.123. The summed E-state index contributed by atoms with van der Waals surface area (Å²) in [5, 5.41) is 0. The van der Waals surface area contributed by atoms with E-state index in [0.29, 0.717) is 0 Å². The number of fused-ring (bicyclic) bond motifs is 2. The van der Waals surface area contributed by atoms with Crippen molar-refractivity contribution in [3.8, 4) is 34.3 Å². The van der Waals surface area contributed by atoms with Crippen LogP contribution in [0.2, 0.25) is 0 Å². The average molecular weight is 559 g/mol. The van der Waals surface area contributed by atoms with Gasteiger partial charge in [0.2, 0.25) is 0 Å². The predicted molar refractivity (Wildman–Crippen MR) is 171 cm³/mol. The molecular weight excluding hydrogens is 520 g/mol. The molecule has 214 valence electrons. The van der Waals surface area contributed by atoms with Crippen LogP contribution in [0.5, 0.6) is 11.5 Å². The van der Waals surface area contributed by atoms with Gasteiger partial charge in [0.1, 0.15) is 23.1 Å². The van der Waals surface area contributed by atoms with Crippen molar-refractivity contribution in [2.45, 2.75) is 51.4 Å². The van der Waals surface area contributed by atoms with Gasteiger partial charge in [-0.25, -0.2) is 9.97 Å². The van der Waals surface area contributed by atoms with Crippen LogP contribution in [0.25, 0.3) is 44.8 Å². The molecular formula is C36H38N4O2. The first-order chi connectivity index (χ1) is 20.8. The molecule has 2 heterocycles. The minimum absolute atomic E-state index is 0.748. The molecule has 4 aromatic carbocycles. The average Bonchev–Trinajstić information content (AvgIpc) is 3.67. The molecule has 0 saturated carbocycles. The standard InChI is InChI=1S/C36H38N4O2/c1(3-5-11-23-41-29-17-13-15-27(25-29)35-37-31-19-7-8-20-32(31)38-35)2-4-6-12-24-42-30-18-14-16-28(26-30)36-39-33-21-9-10-22-34(33)40-36/h7-10,13-22,25-26H,1-6,11-12,23-24H2,(H,37,38)(H,39,40). The Morgan fingerprint density at radius 1 is 0.452 bits per heavy atom. The van der Waals surface area contributed by atoms with Crippen LogP contribution < -0.4 is 9.47 Å². The second-order valence-corrected chi connectivity index (χ2v) is 10.8. The van der Waals surface area contributed by atoms with Crippen molar-refractivity contribution in [3.05, 3.63) is 97.1 Å². The van der Waals surface area contributed by atoms with Crippen molar-refractivity contribution in [1.29, 1.82) is 0 Å². The van der Waals surface area contributed by atoms with Crippen LogP contribution in [0.3, 0.4) is 0 Å². The third-order valence-corrected chi connectivity index (χ3v) is 7.57. The lowest BCUT2D eigenvalue weighted by Crippen LogP contribution is -1.98. The zero-order valence-electron chi connectivity index (χ0n) is 24.0. The molecule has 0 saturated heterocycles. The number of nitrogens with zero attached hydrogens (tertiary/aromatic N) is 2. The van der Waals surface area contributed by atoms with Crippen molar-refractivity contribution in [2.24, 2.45) is 0 Å². The Labute approximate surface area is 247 Å². The van der Waals surface area contributed by atoms with Gasteiger partial charge in [0.05, 0.1) is 35.3 Å². The van der Waals surface area contributed by atoms with Crippen molar-refractivity contribution in [3.63, 3.8) is 0 Å². The van der Waals surface area contributed by atoms with Crippen molar-refractivity contribution >= 4 is 22.1 Å². The minimum atomic E-state index is 0.748. The molecule has 6 rings (SSSR count). The zero-order chi connectivity index (χ0) is 28.4. The van der Waals surface area contributed by atoms with Crippen LogP contribution in [0.15, 0.2) is 97.1 Å². The lowest BCUT2D eigenvalue weighted by atomic mass is 10.1. The molecule has 0 radical (unpaired) electrons. The summed E-state index contributed by atoms with van der Waals surface area (Å²) in [6, 6.07) is 32.6. The highest BCUT2D eigenvalue weighted by molar-refractivity contribution is 5.80. The van der Waals surface area contributed by atoms with Crippen LogP contribution >= 0.6 is 0 Å². The first kappa shape index (κ1) is 27.6. The molecule has 0 fully saturated rings. The molecule has 42 heavy (non-hydrogen) atoms. The maximum Gasteiger partial charge on any atom is 0.138 e. The third kappa shape index (κ3) is 7.19. The van der Waals surface area contributed by atoms with Gasteiger partial charge in [0.25, 0.3) is 0 Å². The second kappa shape index (κ2) is 13.9. The van der Waals surface area contributed by atoms with E-state index in [4.69, 9.17) is 19.4 Å². The summed E-state index contributed by atoms with van der Waals surface area (Å²) in [6.45, 7) is 1.50. The molecule has 0 bridgehead atoms. The number of para-hydroxylation sites is 4. The summed E-state index contributed by atoms with van der Waals surface area (Å²) in [4.78, 5) is 16.2. The van der Waals surface area contributed by atoms with E-state index >= 15 is 0 Å². The van der Waals surface area contributed by atoms with Gasteiger partial charge >= 0.3 is 0 Å².